The molecule has 0 aliphatic carbocycles. The minimum absolute atomic E-state index is 0.143. The van der Waals surface area contributed by atoms with Crippen LogP contribution in [0.1, 0.15) is 23.7 Å². The van der Waals surface area contributed by atoms with Crippen molar-refractivity contribution < 1.29 is 9.90 Å². The quantitative estimate of drug-likeness (QED) is 0.651. The number of nitrogens with one attached hydrogen (secondary N) is 1. The first-order chi connectivity index (χ1) is 7.65. The zero-order valence-electron chi connectivity index (χ0n) is 9.44. The van der Waals surface area contributed by atoms with Gasteiger partial charge in [0, 0.05) is 18.8 Å². The van der Waals surface area contributed by atoms with Crippen LogP contribution in [-0.4, -0.2) is 24.2 Å². The third kappa shape index (κ3) is 3.55. The molecule has 4 heteroatoms. The van der Waals surface area contributed by atoms with E-state index in [9.17, 15) is 4.79 Å². The topological polar surface area (TPSA) is 75.3 Å². The maximum absolute atomic E-state index is 11.7. The Balaban J connectivity index is 2.50. The van der Waals surface area contributed by atoms with Crippen molar-refractivity contribution in [1.82, 2.24) is 5.32 Å². The fourth-order valence-electron chi connectivity index (χ4n) is 1.39. The molecule has 4 nitrogen and oxygen atoms in total. The van der Waals surface area contributed by atoms with Gasteiger partial charge >= 0.3 is 0 Å². The van der Waals surface area contributed by atoms with Gasteiger partial charge in [0.2, 0.25) is 0 Å². The van der Waals surface area contributed by atoms with Crippen LogP contribution in [0, 0.1) is 5.92 Å². The van der Waals surface area contributed by atoms with E-state index in [0.29, 0.717) is 24.2 Å². The molecular formula is C12H18N2O2. The number of nitrogens with two attached hydrogens (primary N) is 1. The van der Waals surface area contributed by atoms with E-state index in [4.69, 9.17) is 10.8 Å². The molecule has 0 aromatic heterocycles. The van der Waals surface area contributed by atoms with Crippen molar-refractivity contribution in [3.05, 3.63) is 29.8 Å². The van der Waals surface area contributed by atoms with Gasteiger partial charge in [0.1, 0.15) is 0 Å². The highest BCUT2D eigenvalue weighted by Crippen LogP contribution is 2.10. The minimum atomic E-state index is -0.164. The summed E-state index contributed by atoms with van der Waals surface area (Å²) in [5.74, 6) is 0.0989. The lowest BCUT2D eigenvalue weighted by atomic mass is 10.1. The van der Waals surface area contributed by atoms with Crippen LogP contribution in [-0.2, 0) is 0 Å². The van der Waals surface area contributed by atoms with Crippen molar-refractivity contribution in [1.29, 1.82) is 0 Å². The molecule has 16 heavy (non-hydrogen) atoms. The largest absolute Gasteiger partial charge is 0.398 e. The second-order valence-corrected chi connectivity index (χ2v) is 3.91. The lowest BCUT2D eigenvalue weighted by molar-refractivity contribution is 0.0946. The van der Waals surface area contributed by atoms with Gasteiger partial charge in [0.05, 0.1) is 5.56 Å². The van der Waals surface area contributed by atoms with Gasteiger partial charge in [-0.25, -0.2) is 0 Å². The molecule has 0 saturated heterocycles. The summed E-state index contributed by atoms with van der Waals surface area (Å²) >= 11 is 0. The van der Waals surface area contributed by atoms with Crippen LogP contribution in [0.4, 0.5) is 5.69 Å². The van der Waals surface area contributed by atoms with E-state index in [0.717, 1.165) is 0 Å². The molecule has 0 bridgehead atoms. The van der Waals surface area contributed by atoms with Gasteiger partial charge in [0.25, 0.3) is 5.91 Å². The highest BCUT2D eigenvalue weighted by Gasteiger charge is 2.09. The van der Waals surface area contributed by atoms with Crippen LogP contribution in [0.25, 0.3) is 0 Å². The summed E-state index contributed by atoms with van der Waals surface area (Å²) in [4.78, 5) is 11.7. The van der Waals surface area contributed by atoms with Gasteiger partial charge in [-0.3, -0.25) is 4.79 Å². The van der Waals surface area contributed by atoms with Crippen LogP contribution in [0.2, 0.25) is 0 Å². The van der Waals surface area contributed by atoms with Crippen LogP contribution in [0.3, 0.4) is 0 Å². The van der Waals surface area contributed by atoms with Crippen molar-refractivity contribution in [2.75, 3.05) is 18.9 Å². The summed E-state index contributed by atoms with van der Waals surface area (Å²) in [6.45, 7) is 2.67. The zero-order valence-corrected chi connectivity index (χ0v) is 9.44. The smallest absolute Gasteiger partial charge is 0.253 e. The van der Waals surface area contributed by atoms with E-state index < -0.39 is 0 Å². The van der Waals surface area contributed by atoms with E-state index in [-0.39, 0.29) is 18.4 Å². The van der Waals surface area contributed by atoms with Crippen molar-refractivity contribution in [3.63, 3.8) is 0 Å². The number of benzene rings is 1. The molecule has 0 aliphatic heterocycles. The predicted octanol–water partition coefficient (Wildman–Crippen LogP) is 1.02. The lowest BCUT2D eigenvalue weighted by Crippen LogP contribution is -2.29. The lowest BCUT2D eigenvalue weighted by Gasteiger charge is -2.11. The van der Waals surface area contributed by atoms with Crippen molar-refractivity contribution in [2.24, 2.45) is 5.92 Å². The average molecular weight is 222 g/mol. The second kappa shape index (κ2) is 6.12. The fraction of sp³-hybridized carbons (Fsp3) is 0.417. The van der Waals surface area contributed by atoms with Crippen LogP contribution in [0.5, 0.6) is 0 Å². The Morgan fingerprint density at radius 1 is 1.50 bits per heavy atom. The molecule has 1 aromatic rings. The number of anilines is 1. The van der Waals surface area contributed by atoms with Gasteiger partial charge in [-0.2, -0.15) is 0 Å². The summed E-state index contributed by atoms with van der Waals surface area (Å²) in [7, 11) is 0. The maximum Gasteiger partial charge on any atom is 0.253 e. The summed E-state index contributed by atoms with van der Waals surface area (Å²) in [6.07, 6.45) is 0.685. The molecule has 0 radical (unpaired) electrons. The number of amides is 1. The van der Waals surface area contributed by atoms with Crippen molar-refractivity contribution >= 4 is 11.6 Å². The van der Waals surface area contributed by atoms with E-state index in [1.165, 1.54) is 0 Å². The zero-order chi connectivity index (χ0) is 12.0. The second-order valence-electron chi connectivity index (χ2n) is 3.91. The predicted molar refractivity (Wildman–Crippen MR) is 64.1 cm³/mol. The normalized spacial score (nSPS) is 12.1. The van der Waals surface area contributed by atoms with Crippen molar-refractivity contribution in [2.45, 2.75) is 13.3 Å². The van der Waals surface area contributed by atoms with E-state index in [2.05, 4.69) is 5.32 Å². The van der Waals surface area contributed by atoms with Gasteiger partial charge < -0.3 is 16.2 Å². The van der Waals surface area contributed by atoms with Gasteiger partial charge in [0.15, 0.2) is 0 Å². The Kier molecular flexibility index (Phi) is 4.79. The number of hydrogen-bond donors (Lipinski definition) is 3. The number of para-hydroxylation sites is 1. The highest BCUT2D eigenvalue weighted by molar-refractivity contribution is 5.99. The third-order valence-corrected chi connectivity index (χ3v) is 2.44. The number of hydrogen-bond acceptors (Lipinski definition) is 3. The summed E-state index contributed by atoms with van der Waals surface area (Å²) in [5, 5.41) is 11.5. The van der Waals surface area contributed by atoms with Gasteiger partial charge in [-0.05, 0) is 24.5 Å². The molecule has 0 spiro atoms. The number of nitrogen functional groups attached to an aromatic ring is 1. The average Bonchev–Trinajstić information content (AvgIpc) is 2.27. The van der Waals surface area contributed by atoms with Crippen LogP contribution in [0.15, 0.2) is 24.3 Å². The molecular weight excluding hydrogens is 204 g/mol. The van der Waals surface area contributed by atoms with Crippen molar-refractivity contribution in [3.8, 4) is 0 Å². The number of aliphatic hydroxyl groups is 1. The summed E-state index contributed by atoms with van der Waals surface area (Å²) in [6, 6.07) is 6.97. The Hall–Kier alpha value is -1.55. The number of carbonyl (C=O) groups is 1. The molecule has 1 aromatic carbocycles. The maximum atomic E-state index is 11.7. The standard InChI is InChI=1S/C12H18N2O2/c1-9(6-7-15)8-14-12(16)10-4-2-3-5-11(10)13/h2-5,9,15H,6-8,13H2,1H3,(H,14,16). The molecule has 88 valence electrons. The minimum Gasteiger partial charge on any atom is -0.398 e. The van der Waals surface area contributed by atoms with E-state index in [1.807, 2.05) is 6.92 Å². The Morgan fingerprint density at radius 3 is 2.81 bits per heavy atom. The number of carbonyl (C=O) groups excluding carboxylic acids is 1. The SMILES string of the molecule is CC(CCO)CNC(=O)c1ccccc1N. The molecule has 1 atom stereocenters. The van der Waals surface area contributed by atoms with Gasteiger partial charge in [-0.1, -0.05) is 19.1 Å². The van der Waals surface area contributed by atoms with Crippen LogP contribution < -0.4 is 11.1 Å². The molecule has 0 fully saturated rings. The van der Waals surface area contributed by atoms with E-state index in [1.54, 1.807) is 24.3 Å². The van der Waals surface area contributed by atoms with Gasteiger partial charge in [-0.15, -0.1) is 0 Å². The molecule has 0 aliphatic rings. The molecule has 1 rings (SSSR count). The molecule has 0 heterocycles. The fourth-order valence-corrected chi connectivity index (χ4v) is 1.39. The van der Waals surface area contributed by atoms with E-state index >= 15 is 0 Å². The Morgan fingerprint density at radius 2 is 2.19 bits per heavy atom. The third-order valence-electron chi connectivity index (χ3n) is 2.44. The number of aliphatic hydroxyl groups excluding tert-OH is 1. The first-order valence-electron chi connectivity index (χ1n) is 5.38. The first kappa shape index (κ1) is 12.5. The molecule has 1 unspecified atom stereocenters. The molecule has 1 amide bonds. The highest BCUT2D eigenvalue weighted by atomic mass is 16.3. The summed E-state index contributed by atoms with van der Waals surface area (Å²) in [5.41, 5.74) is 6.67. The Bertz CT molecular complexity index is 353. The first-order valence-corrected chi connectivity index (χ1v) is 5.38. The monoisotopic (exact) mass is 222 g/mol. The number of rotatable bonds is 5. The Labute approximate surface area is 95.5 Å². The molecule has 4 N–H and O–H groups in total. The van der Waals surface area contributed by atoms with Crippen LogP contribution >= 0.6 is 0 Å². The molecule has 0 saturated carbocycles. The summed E-state index contributed by atoms with van der Waals surface area (Å²) < 4.78 is 0.